The van der Waals surface area contributed by atoms with Gasteiger partial charge < -0.3 is 15.0 Å². The van der Waals surface area contributed by atoms with Crippen LogP contribution in [0, 0.1) is 0 Å². The molecule has 0 bridgehead atoms. The number of carbonyl (C=O) groups is 3. The largest absolute Gasteiger partial charge is 0.378 e. The van der Waals surface area contributed by atoms with Gasteiger partial charge in [0.05, 0.1) is 29.5 Å². The number of thioether (sulfide) groups is 1. The lowest BCUT2D eigenvalue weighted by Crippen LogP contribution is -2.38. The van der Waals surface area contributed by atoms with E-state index in [0.717, 1.165) is 40.3 Å². The van der Waals surface area contributed by atoms with Crippen molar-refractivity contribution >= 4 is 57.6 Å². The van der Waals surface area contributed by atoms with E-state index in [2.05, 4.69) is 10.2 Å². The van der Waals surface area contributed by atoms with Gasteiger partial charge in [0.15, 0.2) is 0 Å². The molecule has 2 saturated heterocycles. The minimum absolute atomic E-state index is 0.316. The van der Waals surface area contributed by atoms with E-state index in [1.165, 1.54) is 11.3 Å². The molecule has 3 heterocycles. The molecule has 29 heavy (non-hydrogen) atoms. The third kappa shape index (κ3) is 4.52. The number of benzene rings is 1. The number of rotatable bonds is 5. The zero-order valence-electron chi connectivity index (χ0n) is 15.5. The fourth-order valence-electron chi connectivity index (χ4n) is 3.13. The summed E-state index contributed by atoms with van der Waals surface area (Å²) in [7, 11) is 0. The van der Waals surface area contributed by atoms with Gasteiger partial charge >= 0.3 is 0 Å². The van der Waals surface area contributed by atoms with Gasteiger partial charge in [0.2, 0.25) is 5.91 Å². The second-order valence-electron chi connectivity index (χ2n) is 6.45. The smallest absolute Gasteiger partial charge is 0.294 e. The lowest BCUT2D eigenvalue weighted by molar-refractivity contribution is -0.127. The molecule has 0 aliphatic carbocycles. The number of para-hydroxylation sites is 2. The number of nitrogens with one attached hydrogen (secondary N) is 1. The molecule has 7 nitrogen and oxygen atoms in total. The van der Waals surface area contributed by atoms with Crippen LogP contribution in [0.15, 0.2) is 46.7 Å². The van der Waals surface area contributed by atoms with Gasteiger partial charge in [-0.3, -0.25) is 19.3 Å². The van der Waals surface area contributed by atoms with Crippen molar-refractivity contribution in [3.05, 3.63) is 51.6 Å². The summed E-state index contributed by atoms with van der Waals surface area (Å²) < 4.78 is 5.38. The molecule has 1 aromatic heterocycles. The Hall–Kier alpha value is -2.62. The molecule has 0 atom stereocenters. The fraction of sp³-hybridized carbons (Fsp3) is 0.250. The van der Waals surface area contributed by atoms with Gasteiger partial charge in [-0.05, 0) is 41.4 Å². The van der Waals surface area contributed by atoms with Gasteiger partial charge in [-0.15, -0.1) is 11.3 Å². The highest BCUT2D eigenvalue weighted by molar-refractivity contribution is 8.18. The van der Waals surface area contributed by atoms with E-state index in [4.69, 9.17) is 4.74 Å². The molecule has 0 unspecified atom stereocenters. The minimum Gasteiger partial charge on any atom is -0.378 e. The Balaban J connectivity index is 1.44. The normalized spacial score (nSPS) is 18.6. The summed E-state index contributed by atoms with van der Waals surface area (Å²) in [6.07, 6.45) is 1.68. The van der Waals surface area contributed by atoms with E-state index in [1.807, 2.05) is 41.8 Å². The Morgan fingerprint density at radius 1 is 1.14 bits per heavy atom. The topological polar surface area (TPSA) is 79.0 Å². The van der Waals surface area contributed by atoms with E-state index in [9.17, 15) is 14.4 Å². The first-order valence-electron chi connectivity index (χ1n) is 9.12. The average Bonchev–Trinajstić information content (AvgIpc) is 3.33. The SMILES string of the molecule is O=C(CN1C(=O)S/C(=C\c2cccs2)C1=O)Nc1ccccc1N1CCOCC1. The molecule has 2 fully saturated rings. The molecule has 0 saturated carbocycles. The molecule has 3 amide bonds. The molecule has 0 radical (unpaired) electrons. The number of anilines is 2. The maximum Gasteiger partial charge on any atom is 0.294 e. The number of hydrogen-bond acceptors (Lipinski definition) is 7. The van der Waals surface area contributed by atoms with Crippen molar-refractivity contribution in [2.24, 2.45) is 0 Å². The molecular formula is C20H19N3O4S2. The third-order valence-corrected chi connectivity index (χ3v) is 6.25. The van der Waals surface area contributed by atoms with Gasteiger partial charge in [-0.25, -0.2) is 0 Å². The van der Waals surface area contributed by atoms with Crippen LogP contribution in [0.4, 0.5) is 16.2 Å². The van der Waals surface area contributed by atoms with Crippen LogP contribution in [0.5, 0.6) is 0 Å². The minimum atomic E-state index is -0.440. The number of amides is 3. The molecule has 9 heteroatoms. The Labute approximate surface area is 176 Å². The van der Waals surface area contributed by atoms with Crippen molar-refractivity contribution in [1.29, 1.82) is 0 Å². The molecule has 4 rings (SSSR count). The number of nitrogens with zero attached hydrogens (tertiary/aromatic N) is 2. The summed E-state index contributed by atoms with van der Waals surface area (Å²) in [5.74, 6) is -0.851. The number of carbonyl (C=O) groups excluding carboxylic acids is 3. The highest BCUT2D eigenvalue weighted by Crippen LogP contribution is 2.33. The van der Waals surface area contributed by atoms with Crippen LogP contribution in [0.3, 0.4) is 0 Å². The Morgan fingerprint density at radius 3 is 2.69 bits per heavy atom. The number of morpholine rings is 1. The zero-order valence-corrected chi connectivity index (χ0v) is 17.1. The second kappa shape index (κ2) is 8.81. The van der Waals surface area contributed by atoms with Gasteiger partial charge in [0, 0.05) is 18.0 Å². The molecule has 2 aliphatic rings. The number of imide groups is 1. The summed E-state index contributed by atoms with van der Waals surface area (Å²) in [6.45, 7) is 2.43. The zero-order chi connectivity index (χ0) is 20.2. The summed E-state index contributed by atoms with van der Waals surface area (Å²) in [5.41, 5.74) is 1.55. The molecule has 1 N–H and O–H groups in total. The van der Waals surface area contributed by atoms with E-state index in [0.29, 0.717) is 23.8 Å². The lowest BCUT2D eigenvalue weighted by atomic mass is 10.2. The molecule has 1 aromatic carbocycles. The van der Waals surface area contributed by atoms with Gasteiger partial charge in [0.1, 0.15) is 6.54 Å². The van der Waals surface area contributed by atoms with Crippen molar-refractivity contribution in [2.45, 2.75) is 0 Å². The van der Waals surface area contributed by atoms with Crippen LogP contribution in [0.2, 0.25) is 0 Å². The number of ether oxygens (including phenoxy) is 1. The number of hydrogen-bond donors (Lipinski definition) is 1. The third-order valence-electron chi connectivity index (χ3n) is 4.52. The second-order valence-corrected chi connectivity index (χ2v) is 8.42. The molecule has 0 spiro atoms. The average molecular weight is 430 g/mol. The van der Waals surface area contributed by atoms with Crippen LogP contribution in [0.25, 0.3) is 6.08 Å². The Kier molecular flexibility index (Phi) is 5.98. The maximum absolute atomic E-state index is 12.6. The lowest BCUT2D eigenvalue weighted by Gasteiger charge is -2.30. The quantitative estimate of drug-likeness (QED) is 0.735. The first-order valence-corrected chi connectivity index (χ1v) is 10.8. The van der Waals surface area contributed by atoms with Crippen LogP contribution in [-0.4, -0.2) is 54.8 Å². The maximum atomic E-state index is 12.6. The van der Waals surface area contributed by atoms with Crippen molar-refractivity contribution in [2.75, 3.05) is 43.1 Å². The van der Waals surface area contributed by atoms with Crippen molar-refractivity contribution in [3.63, 3.8) is 0 Å². The molecule has 2 aliphatic heterocycles. The van der Waals surface area contributed by atoms with Crippen molar-refractivity contribution < 1.29 is 19.1 Å². The van der Waals surface area contributed by atoms with E-state index in [-0.39, 0.29) is 6.54 Å². The van der Waals surface area contributed by atoms with Gasteiger partial charge in [-0.2, -0.15) is 0 Å². The van der Waals surface area contributed by atoms with Gasteiger partial charge in [-0.1, -0.05) is 18.2 Å². The fourth-order valence-corrected chi connectivity index (χ4v) is 4.69. The highest BCUT2D eigenvalue weighted by atomic mass is 32.2. The van der Waals surface area contributed by atoms with Crippen molar-refractivity contribution in [3.8, 4) is 0 Å². The monoisotopic (exact) mass is 429 g/mol. The molecular weight excluding hydrogens is 410 g/mol. The Bertz CT molecular complexity index is 952. The van der Waals surface area contributed by atoms with E-state index >= 15 is 0 Å². The van der Waals surface area contributed by atoms with Crippen LogP contribution >= 0.6 is 23.1 Å². The van der Waals surface area contributed by atoms with Crippen LogP contribution < -0.4 is 10.2 Å². The highest BCUT2D eigenvalue weighted by Gasteiger charge is 2.36. The summed E-state index contributed by atoms with van der Waals surface area (Å²) in [5, 5.41) is 4.30. The predicted octanol–water partition coefficient (Wildman–Crippen LogP) is 3.26. The summed E-state index contributed by atoms with van der Waals surface area (Å²) >= 11 is 2.34. The van der Waals surface area contributed by atoms with E-state index in [1.54, 1.807) is 6.08 Å². The van der Waals surface area contributed by atoms with E-state index < -0.39 is 17.1 Å². The Morgan fingerprint density at radius 2 is 1.93 bits per heavy atom. The summed E-state index contributed by atoms with van der Waals surface area (Å²) in [6, 6.07) is 11.2. The first kappa shape index (κ1) is 19.7. The standard InChI is InChI=1S/C20H19N3O4S2/c24-18(21-15-5-1-2-6-16(15)22-7-9-27-10-8-22)13-23-19(25)17(29-20(23)26)12-14-4-3-11-28-14/h1-6,11-12H,7-10,13H2,(H,21,24)/b17-12-. The van der Waals surface area contributed by atoms with Crippen LogP contribution in [0.1, 0.15) is 4.88 Å². The first-order chi connectivity index (χ1) is 14.1. The predicted molar refractivity (Wildman–Crippen MR) is 115 cm³/mol. The molecule has 2 aromatic rings. The van der Waals surface area contributed by atoms with Crippen molar-refractivity contribution in [1.82, 2.24) is 4.90 Å². The van der Waals surface area contributed by atoms with Gasteiger partial charge in [0.25, 0.3) is 11.1 Å². The summed E-state index contributed by atoms with van der Waals surface area (Å²) in [4.78, 5) is 41.8. The van der Waals surface area contributed by atoms with Crippen LogP contribution in [-0.2, 0) is 14.3 Å². The number of thiophene rings is 1. The molecule has 150 valence electrons.